The van der Waals surface area contributed by atoms with Crippen molar-refractivity contribution >= 4 is 17.5 Å². The summed E-state index contributed by atoms with van der Waals surface area (Å²) in [4.78, 5) is 12.2. The van der Waals surface area contributed by atoms with Crippen LogP contribution in [0.2, 0.25) is 5.02 Å². The van der Waals surface area contributed by atoms with Gasteiger partial charge in [-0.2, -0.15) is 0 Å². The predicted molar refractivity (Wildman–Crippen MR) is 98.3 cm³/mol. The maximum atomic E-state index is 13.3. The van der Waals surface area contributed by atoms with E-state index in [2.05, 4.69) is 5.32 Å². The Hall–Kier alpha value is -2.27. The molecular weight excluding hydrogens is 357 g/mol. The monoisotopic (exact) mass is 377 g/mol. The maximum Gasteiger partial charge on any atom is 0.220 e. The van der Waals surface area contributed by atoms with Crippen LogP contribution in [0.1, 0.15) is 36.8 Å². The zero-order valence-electron chi connectivity index (χ0n) is 14.6. The zero-order chi connectivity index (χ0) is 18.5. The van der Waals surface area contributed by atoms with Gasteiger partial charge in [0.05, 0.1) is 18.2 Å². The van der Waals surface area contributed by atoms with E-state index in [4.69, 9.17) is 21.1 Å². The summed E-state index contributed by atoms with van der Waals surface area (Å²) in [6.07, 6.45) is 1.08. The number of benzene rings is 2. The normalized spacial score (nSPS) is 14.4. The van der Waals surface area contributed by atoms with Gasteiger partial charge in [0.25, 0.3) is 0 Å². The van der Waals surface area contributed by atoms with Crippen molar-refractivity contribution in [3.63, 3.8) is 0 Å². The number of fused-ring (bicyclic) bond motifs is 1. The molecule has 0 fully saturated rings. The molecule has 1 aliphatic heterocycles. The van der Waals surface area contributed by atoms with Crippen LogP contribution in [-0.4, -0.2) is 19.1 Å². The SMILES string of the molecule is CC(CC(=O)NCc1cc(Cl)c2c(c1)OCCCO2)c1cccc(F)c1. The predicted octanol–water partition coefficient (Wildman–Crippen LogP) is 4.45. The second kappa shape index (κ2) is 8.41. The summed E-state index contributed by atoms with van der Waals surface area (Å²) in [6.45, 7) is 3.38. The second-order valence-electron chi connectivity index (χ2n) is 6.39. The standard InChI is InChI=1S/C20H21ClFNO3/c1-13(15-4-2-5-16(22)11-15)8-19(24)23-12-14-9-17(21)20-18(10-14)25-6-3-7-26-20/h2,4-5,9-11,13H,3,6-8,12H2,1H3,(H,23,24). The van der Waals surface area contributed by atoms with Crippen molar-refractivity contribution in [1.29, 1.82) is 0 Å². The van der Waals surface area contributed by atoms with Crippen LogP contribution in [-0.2, 0) is 11.3 Å². The molecule has 0 bridgehead atoms. The number of ether oxygens (including phenoxy) is 2. The molecule has 1 aliphatic rings. The summed E-state index contributed by atoms with van der Waals surface area (Å²) in [5.74, 6) is 0.686. The van der Waals surface area contributed by atoms with Crippen molar-refractivity contribution in [1.82, 2.24) is 5.32 Å². The molecule has 1 N–H and O–H groups in total. The van der Waals surface area contributed by atoms with Crippen LogP contribution in [0, 0.1) is 5.82 Å². The van der Waals surface area contributed by atoms with Gasteiger partial charge in [-0.1, -0.05) is 30.7 Å². The largest absolute Gasteiger partial charge is 0.489 e. The summed E-state index contributed by atoms with van der Waals surface area (Å²) in [5.41, 5.74) is 1.64. The summed E-state index contributed by atoms with van der Waals surface area (Å²) >= 11 is 6.26. The van der Waals surface area contributed by atoms with Gasteiger partial charge < -0.3 is 14.8 Å². The van der Waals surface area contributed by atoms with Gasteiger partial charge in [-0.15, -0.1) is 0 Å². The van der Waals surface area contributed by atoms with Gasteiger partial charge in [0, 0.05) is 19.4 Å². The highest BCUT2D eigenvalue weighted by Gasteiger charge is 2.16. The Balaban J connectivity index is 1.59. The first kappa shape index (κ1) is 18.5. The average Bonchev–Trinajstić information content (AvgIpc) is 2.86. The first-order valence-electron chi connectivity index (χ1n) is 8.63. The molecule has 0 aromatic heterocycles. The van der Waals surface area contributed by atoms with E-state index < -0.39 is 0 Å². The molecule has 138 valence electrons. The maximum absolute atomic E-state index is 13.3. The van der Waals surface area contributed by atoms with E-state index in [-0.39, 0.29) is 24.1 Å². The lowest BCUT2D eigenvalue weighted by Crippen LogP contribution is -2.24. The van der Waals surface area contributed by atoms with E-state index in [0.29, 0.717) is 36.3 Å². The fraction of sp³-hybridized carbons (Fsp3) is 0.350. The van der Waals surface area contributed by atoms with E-state index in [0.717, 1.165) is 17.5 Å². The van der Waals surface area contributed by atoms with Crippen LogP contribution in [0.15, 0.2) is 36.4 Å². The highest BCUT2D eigenvalue weighted by atomic mass is 35.5. The third-order valence-corrected chi connectivity index (χ3v) is 4.54. The number of nitrogens with one attached hydrogen (secondary N) is 1. The smallest absolute Gasteiger partial charge is 0.220 e. The van der Waals surface area contributed by atoms with E-state index in [1.807, 2.05) is 19.1 Å². The van der Waals surface area contributed by atoms with Crippen LogP contribution in [0.5, 0.6) is 11.5 Å². The highest BCUT2D eigenvalue weighted by Crippen LogP contribution is 2.38. The number of amides is 1. The third kappa shape index (κ3) is 4.67. The van der Waals surface area contributed by atoms with Crippen LogP contribution >= 0.6 is 11.6 Å². The van der Waals surface area contributed by atoms with Crippen molar-refractivity contribution in [2.24, 2.45) is 0 Å². The molecule has 2 aromatic rings. The molecule has 4 nitrogen and oxygen atoms in total. The van der Waals surface area contributed by atoms with Crippen molar-refractivity contribution < 1.29 is 18.7 Å². The molecule has 6 heteroatoms. The number of carbonyl (C=O) groups is 1. The number of halogens is 2. The van der Waals surface area contributed by atoms with E-state index in [1.54, 1.807) is 12.1 Å². The number of carbonyl (C=O) groups excluding carboxylic acids is 1. The lowest BCUT2D eigenvalue weighted by molar-refractivity contribution is -0.121. The van der Waals surface area contributed by atoms with Crippen LogP contribution < -0.4 is 14.8 Å². The summed E-state index contributed by atoms with van der Waals surface area (Å²) in [5, 5.41) is 3.35. The van der Waals surface area contributed by atoms with E-state index >= 15 is 0 Å². The van der Waals surface area contributed by atoms with Gasteiger partial charge in [0.1, 0.15) is 5.82 Å². The van der Waals surface area contributed by atoms with Crippen LogP contribution in [0.4, 0.5) is 4.39 Å². The Bertz CT molecular complexity index is 797. The minimum atomic E-state index is -0.295. The molecule has 0 radical (unpaired) electrons. The van der Waals surface area contributed by atoms with E-state index in [1.165, 1.54) is 12.1 Å². The molecule has 1 atom stereocenters. The molecule has 3 rings (SSSR count). The van der Waals surface area contributed by atoms with Gasteiger partial charge >= 0.3 is 0 Å². The van der Waals surface area contributed by atoms with Crippen molar-refractivity contribution in [3.8, 4) is 11.5 Å². The number of hydrogen-bond acceptors (Lipinski definition) is 3. The van der Waals surface area contributed by atoms with Gasteiger partial charge in [-0.05, 0) is 41.3 Å². The van der Waals surface area contributed by atoms with Gasteiger partial charge in [0.15, 0.2) is 11.5 Å². The molecule has 26 heavy (non-hydrogen) atoms. The second-order valence-corrected chi connectivity index (χ2v) is 6.80. The lowest BCUT2D eigenvalue weighted by Gasteiger charge is -2.14. The van der Waals surface area contributed by atoms with Crippen LogP contribution in [0.3, 0.4) is 0 Å². The summed E-state index contributed by atoms with van der Waals surface area (Å²) in [7, 11) is 0. The van der Waals surface area contributed by atoms with Gasteiger partial charge in [-0.3, -0.25) is 4.79 Å². The minimum Gasteiger partial charge on any atom is -0.489 e. The first-order valence-corrected chi connectivity index (χ1v) is 9.01. The van der Waals surface area contributed by atoms with Crippen LogP contribution in [0.25, 0.3) is 0 Å². The van der Waals surface area contributed by atoms with Gasteiger partial charge in [-0.25, -0.2) is 4.39 Å². The topological polar surface area (TPSA) is 47.6 Å². The Kier molecular flexibility index (Phi) is 5.99. The highest BCUT2D eigenvalue weighted by molar-refractivity contribution is 6.32. The average molecular weight is 378 g/mol. The van der Waals surface area contributed by atoms with Crippen molar-refractivity contribution in [2.75, 3.05) is 13.2 Å². The first-order chi connectivity index (χ1) is 12.5. The molecule has 2 aromatic carbocycles. The summed E-state index contributed by atoms with van der Waals surface area (Å²) in [6, 6.07) is 9.93. The van der Waals surface area contributed by atoms with E-state index in [9.17, 15) is 9.18 Å². The van der Waals surface area contributed by atoms with Crippen molar-refractivity contribution in [3.05, 3.63) is 58.4 Å². The van der Waals surface area contributed by atoms with Crippen molar-refractivity contribution in [2.45, 2.75) is 32.2 Å². The van der Waals surface area contributed by atoms with Gasteiger partial charge in [0.2, 0.25) is 5.91 Å². The summed E-state index contributed by atoms with van der Waals surface area (Å²) < 4.78 is 24.6. The zero-order valence-corrected chi connectivity index (χ0v) is 15.3. The third-order valence-electron chi connectivity index (χ3n) is 4.26. The molecule has 0 spiro atoms. The lowest BCUT2D eigenvalue weighted by atomic mass is 9.97. The molecule has 0 saturated heterocycles. The molecule has 0 aliphatic carbocycles. The Morgan fingerprint density at radius 2 is 2.08 bits per heavy atom. The Morgan fingerprint density at radius 3 is 2.88 bits per heavy atom. The Labute approximate surface area is 157 Å². The molecular formula is C20H21ClFNO3. The Morgan fingerprint density at radius 1 is 1.27 bits per heavy atom. The molecule has 1 amide bonds. The minimum absolute atomic E-state index is 0.0712. The fourth-order valence-electron chi connectivity index (χ4n) is 2.87. The molecule has 1 unspecified atom stereocenters. The molecule has 0 saturated carbocycles. The number of rotatable bonds is 5. The molecule has 1 heterocycles. The quantitative estimate of drug-likeness (QED) is 0.837. The number of hydrogen-bond donors (Lipinski definition) is 1. The fourth-order valence-corrected chi connectivity index (χ4v) is 3.16.